The number of aryl methyl sites for hydroxylation is 1. The number of nitrogens with one attached hydrogen (secondary N) is 2. The molecule has 2 aromatic rings. The Kier molecular flexibility index (Phi) is 7.42. The lowest BCUT2D eigenvalue weighted by Crippen LogP contribution is -2.35. The van der Waals surface area contributed by atoms with Crippen LogP contribution < -0.4 is 15.5 Å². The number of rotatable bonds is 6. The van der Waals surface area contributed by atoms with Crippen molar-refractivity contribution in [2.24, 2.45) is 0 Å². The molecule has 0 aromatic heterocycles. The lowest BCUT2D eigenvalue weighted by molar-refractivity contribution is -0.119. The third-order valence-corrected chi connectivity index (χ3v) is 4.57. The fourth-order valence-electron chi connectivity index (χ4n) is 2.69. The van der Waals surface area contributed by atoms with E-state index in [-0.39, 0.29) is 12.3 Å². The van der Waals surface area contributed by atoms with Crippen LogP contribution in [0.15, 0.2) is 42.5 Å². The summed E-state index contributed by atoms with van der Waals surface area (Å²) in [6, 6.07) is 13.3. The number of hydrogen-bond donors (Lipinski definition) is 2. The lowest BCUT2D eigenvalue weighted by atomic mass is 10.1. The zero-order chi connectivity index (χ0) is 19.1. The van der Waals surface area contributed by atoms with E-state index < -0.39 is 0 Å². The zero-order valence-corrected chi connectivity index (χ0v) is 16.9. The van der Waals surface area contributed by atoms with Crippen LogP contribution in [0.4, 0.5) is 11.4 Å². The maximum Gasteiger partial charge on any atom is 0.230 e. The van der Waals surface area contributed by atoms with Gasteiger partial charge < -0.3 is 15.5 Å². The smallest absolute Gasteiger partial charge is 0.230 e. The van der Waals surface area contributed by atoms with Crippen LogP contribution >= 0.6 is 23.8 Å². The van der Waals surface area contributed by atoms with E-state index in [2.05, 4.69) is 41.5 Å². The lowest BCUT2D eigenvalue weighted by Gasteiger charge is -2.22. The molecule has 0 fully saturated rings. The van der Waals surface area contributed by atoms with Crippen LogP contribution in [0.25, 0.3) is 0 Å². The molecule has 138 valence electrons. The van der Waals surface area contributed by atoms with Gasteiger partial charge in [0, 0.05) is 29.5 Å². The molecule has 0 aliphatic rings. The highest BCUT2D eigenvalue weighted by Gasteiger charge is 2.09. The Balaban J connectivity index is 1.94. The summed E-state index contributed by atoms with van der Waals surface area (Å²) in [5.41, 5.74) is 4.02. The van der Waals surface area contributed by atoms with Gasteiger partial charge >= 0.3 is 0 Å². The first-order chi connectivity index (χ1) is 12.4. The molecule has 26 heavy (non-hydrogen) atoms. The molecule has 2 N–H and O–H groups in total. The number of carbonyl (C=O) groups is 1. The molecule has 0 saturated carbocycles. The molecule has 0 heterocycles. The van der Waals surface area contributed by atoms with Crippen LogP contribution in [-0.2, 0) is 11.2 Å². The third-order valence-electron chi connectivity index (χ3n) is 4.12. The van der Waals surface area contributed by atoms with Crippen LogP contribution in [0.2, 0.25) is 5.02 Å². The normalized spacial score (nSPS) is 10.3. The van der Waals surface area contributed by atoms with E-state index in [1.807, 2.05) is 25.1 Å². The van der Waals surface area contributed by atoms with Crippen LogP contribution in [0.1, 0.15) is 25.0 Å². The van der Waals surface area contributed by atoms with Gasteiger partial charge in [0.1, 0.15) is 0 Å². The van der Waals surface area contributed by atoms with Crippen molar-refractivity contribution < 1.29 is 4.79 Å². The molecule has 0 atom stereocenters. The Morgan fingerprint density at radius 2 is 1.77 bits per heavy atom. The molecule has 0 saturated heterocycles. The number of carbonyl (C=O) groups excluding carboxylic acids is 1. The summed E-state index contributed by atoms with van der Waals surface area (Å²) in [6.07, 6.45) is 0.249. The molecule has 4 nitrogen and oxygen atoms in total. The van der Waals surface area contributed by atoms with E-state index in [0.29, 0.717) is 10.1 Å². The van der Waals surface area contributed by atoms with Gasteiger partial charge in [0.25, 0.3) is 0 Å². The summed E-state index contributed by atoms with van der Waals surface area (Å²) in [4.78, 5) is 14.4. The second kappa shape index (κ2) is 9.55. The molecule has 0 aliphatic carbocycles. The van der Waals surface area contributed by atoms with Gasteiger partial charge in [0.2, 0.25) is 5.91 Å². The Morgan fingerprint density at radius 3 is 2.35 bits per heavy atom. The van der Waals surface area contributed by atoms with Gasteiger partial charge in [-0.2, -0.15) is 0 Å². The minimum Gasteiger partial charge on any atom is -0.372 e. The fourth-order valence-corrected chi connectivity index (χ4v) is 3.04. The number of benzene rings is 2. The van der Waals surface area contributed by atoms with Crippen LogP contribution in [0, 0.1) is 6.92 Å². The van der Waals surface area contributed by atoms with Crippen molar-refractivity contribution in [3.8, 4) is 0 Å². The number of anilines is 2. The fraction of sp³-hybridized carbons (Fsp3) is 0.300. The van der Waals surface area contributed by atoms with Crippen LogP contribution in [-0.4, -0.2) is 24.1 Å². The first kappa shape index (κ1) is 20.2. The van der Waals surface area contributed by atoms with Crippen molar-refractivity contribution in [3.63, 3.8) is 0 Å². The van der Waals surface area contributed by atoms with Crippen molar-refractivity contribution in [2.45, 2.75) is 27.2 Å². The number of amides is 1. The topological polar surface area (TPSA) is 44.4 Å². The van der Waals surface area contributed by atoms with Gasteiger partial charge in [-0.25, -0.2) is 0 Å². The molecule has 0 unspecified atom stereocenters. The molecule has 6 heteroatoms. The van der Waals surface area contributed by atoms with Crippen LogP contribution in [0.5, 0.6) is 0 Å². The molecule has 1 amide bonds. The Labute approximate surface area is 165 Å². The van der Waals surface area contributed by atoms with Crippen molar-refractivity contribution in [1.82, 2.24) is 5.32 Å². The predicted octanol–water partition coefficient (Wildman–Crippen LogP) is 4.55. The minimum absolute atomic E-state index is 0.165. The van der Waals surface area contributed by atoms with E-state index in [1.54, 1.807) is 12.1 Å². The summed E-state index contributed by atoms with van der Waals surface area (Å²) in [5.74, 6) is -0.165. The average molecular weight is 390 g/mol. The second-order valence-electron chi connectivity index (χ2n) is 5.98. The first-order valence-corrected chi connectivity index (χ1v) is 9.42. The van der Waals surface area contributed by atoms with E-state index in [4.69, 9.17) is 23.8 Å². The third kappa shape index (κ3) is 5.71. The van der Waals surface area contributed by atoms with E-state index in [0.717, 1.165) is 29.9 Å². The monoisotopic (exact) mass is 389 g/mol. The standard InChI is InChI=1S/C20H24ClN3OS/c1-4-24(5-2)17-10-11-18(14(3)12-17)22-20(26)23-19(25)13-15-6-8-16(21)9-7-15/h6-12H,4-5,13H2,1-3H3,(H2,22,23,25,26). The number of hydrogen-bond acceptors (Lipinski definition) is 3. The summed E-state index contributed by atoms with van der Waals surface area (Å²) < 4.78 is 0. The van der Waals surface area contributed by atoms with Gasteiger partial charge in [0.05, 0.1) is 6.42 Å². The molecule has 0 spiro atoms. The molecule has 2 rings (SSSR count). The number of halogens is 1. The van der Waals surface area contributed by atoms with Gasteiger partial charge in [0.15, 0.2) is 5.11 Å². The Bertz CT molecular complexity index is 773. The van der Waals surface area contributed by atoms with Gasteiger partial charge in [-0.1, -0.05) is 23.7 Å². The summed E-state index contributed by atoms with van der Waals surface area (Å²) in [5, 5.41) is 6.76. The maximum absolute atomic E-state index is 12.1. The molecule has 2 aromatic carbocycles. The summed E-state index contributed by atoms with van der Waals surface area (Å²) in [7, 11) is 0. The van der Waals surface area contributed by atoms with Gasteiger partial charge in [-0.3, -0.25) is 4.79 Å². The highest BCUT2D eigenvalue weighted by Crippen LogP contribution is 2.22. The van der Waals surface area contributed by atoms with Crippen LogP contribution in [0.3, 0.4) is 0 Å². The molecule has 0 aliphatic heterocycles. The summed E-state index contributed by atoms with van der Waals surface area (Å²) >= 11 is 11.1. The Hall–Kier alpha value is -2.11. The summed E-state index contributed by atoms with van der Waals surface area (Å²) in [6.45, 7) is 8.21. The predicted molar refractivity (Wildman–Crippen MR) is 114 cm³/mol. The Morgan fingerprint density at radius 1 is 1.12 bits per heavy atom. The van der Waals surface area contributed by atoms with Crippen molar-refractivity contribution in [3.05, 3.63) is 58.6 Å². The first-order valence-electron chi connectivity index (χ1n) is 8.63. The maximum atomic E-state index is 12.1. The minimum atomic E-state index is -0.165. The molecule has 0 radical (unpaired) electrons. The molecular weight excluding hydrogens is 366 g/mol. The molecule has 0 bridgehead atoms. The van der Waals surface area contributed by atoms with E-state index in [9.17, 15) is 4.79 Å². The number of nitrogens with zero attached hydrogens (tertiary/aromatic N) is 1. The van der Waals surface area contributed by atoms with Crippen molar-refractivity contribution in [1.29, 1.82) is 0 Å². The largest absolute Gasteiger partial charge is 0.372 e. The second-order valence-corrected chi connectivity index (χ2v) is 6.82. The van der Waals surface area contributed by atoms with Crippen molar-refractivity contribution >= 4 is 46.2 Å². The average Bonchev–Trinajstić information content (AvgIpc) is 2.60. The highest BCUT2D eigenvalue weighted by atomic mass is 35.5. The quantitative estimate of drug-likeness (QED) is 0.711. The zero-order valence-electron chi connectivity index (χ0n) is 15.3. The van der Waals surface area contributed by atoms with E-state index >= 15 is 0 Å². The number of thiocarbonyl (C=S) groups is 1. The van der Waals surface area contributed by atoms with E-state index in [1.165, 1.54) is 5.69 Å². The molecular formula is C20H24ClN3OS. The SMILES string of the molecule is CCN(CC)c1ccc(NC(=S)NC(=O)Cc2ccc(Cl)cc2)c(C)c1. The highest BCUT2D eigenvalue weighted by molar-refractivity contribution is 7.80. The van der Waals surface area contributed by atoms with Gasteiger partial charge in [-0.15, -0.1) is 0 Å². The van der Waals surface area contributed by atoms with Crippen molar-refractivity contribution in [2.75, 3.05) is 23.3 Å². The van der Waals surface area contributed by atoms with Gasteiger partial charge in [-0.05, 0) is 74.4 Å².